The molecule has 3 N–H and O–H groups in total. The van der Waals surface area contributed by atoms with Crippen LogP contribution in [0, 0.1) is 5.92 Å². The van der Waals surface area contributed by atoms with Crippen LogP contribution in [0.5, 0.6) is 5.75 Å². The number of anilines is 1. The average molecular weight is 364 g/mol. The van der Waals surface area contributed by atoms with Gasteiger partial charge in [-0.05, 0) is 69.8 Å². The summed E-state index contributed by atoms with van der Waals surface area (Å²) in [5.74, 6) is 0.655. The highest BCUT2D eigenvalue weighted by Crippen LogP contribution is 2.22. The third-order valence-corrected chi connectivity index (χ3v) is 4.72. The maximum atomic E-state index is 12.2. The fraction of sp³-hybridized carbons (Fsp3) is 0.650. The molecule has 0 saturated carbocycles. The lowest BCUT2D eigenvalue weighted by atomic mass is 9.94. The molecule has 146 valence electrons. The highest BCUT2D eigenvalue weighted by atomic mass is 16.6. The first-order chi connectivity index (χ1) is 12.2. The molecule has 1 aliphatic rings. The Hall–Kier alpha value is -1.95. The number of ether oxygens (including phenoxy) is 1. The SMILES string of the molecule is CNc1ccc(O)cc1CCNC1CCN(C(=O)OC(C)(C)C)CC1C. The minimum Gasteiger partial charge on any atom is -0.508 e. The Labute approximate surface area is 156 Å². The van der Waals surface area contributed by atoms with Gasteiger partial charge >= 0.3 is 6.09 Å². The summed E-state index contributed by atoms with van der Waals surface area (Å²) in [4.78, 5) is 14.0. The molecule has 0 spiro atoms. The van der Waals surface area contributed by atoms with Crippen molar-refractivity contribution in [3.63, 3.8) is 0 Å². The van der Waals surface area contributed by atoms with Gasteiger partial charge in [-0.15, -0.1) is 0 Å². The van der Waals surface area contributed by atoms with Crippen LogP contribution in [0.2, 0.25) is 0 Å². The first-order valence-corrected chi connectivity index (χ1v) is 9.40. The molecule has 0 radical (unpaired) electrons. The second-order valence-electron chi connectivity index (χ2n) is 8.09. The molecule has 6 heteroatoms. The molecule has 1 aromatic carbocycles. The number of nitrogens with zero attached hydrogens (tertiary/aromatic N) is 1. The van der Waals surface area contributed by atoms with Crippen molar-refractivity contribution in [2.24, 2.45) is 5.92 Å². The molecular formula is C20H33N3O3. The quantitative estimate of drug-likeness (QED) is 0.701. The number of hydrogen-bond donors (Lipinski definition) is 3. The van der Waals surface area contributed by atoms with Gasteiger partial charge in [0.1, 0.15) is 11.4 Å². The van der Waals surface area contributed by atoms with E-state index in [2.05, 4.69) is 17.6 Å². The summed E-state index contributed by atoms with van der Waals surface area (Å²) < 4.78 is 5.47. The summed E-state index contributed by atoms with van der Waals surface area (Å²) in [7, 11) is 1.89. The summed E-state index contributed by atoms with van der Waals surface area (Å²) in [6.07, 6.45) is 1.53. The number of carbonyl (C=O) groups is 1. The molecule has 0 bridgehead atoms. The van der Waals surface area contributed by atoms with E-state index in [-0.39, 0.29) is 11.8 Å². The van der Waals surface area contributed by atoms with Gasteiger partial charge in [0, 0.05) is 31.9 Å². The van der Waals surface area contributed by atoms with E-state index in [1.54, 1.807) is 6.07 Å². The van der Waals surface area contributed by atoms with Crippen LogP contribution in [0.3, 0.4) is 0 Å². The average Bonchev–Trinajstić information content (AvgIpc) is 2.55. The van der Waals surface area contributed by atoms with Crippen molar-refractivity contribution in [2.75, 3.05) is 32.0 Å². The lowest BCUT2D eigenvalue weighted by Gasteiger charge is -2.38. The molecule has 26 heavy (non-hydrogen) atoms. The Balaban J connectivity index is 1.82. The molecule has 2 rings (SSSR count). The Morgan fingerprint density at radius 3 is 2.73 bits per heavy atom. The van der Waals surface area contributed by atoms with Gasteiger partial charge < -0.3 is 25.4 Å². The molecule has 1 fully saturated rings. The van der Waals surface area contributed by atoms with Crippen LogP contribution in [-0.2, 0) is 11.2 Å². The largest absolute Gasteiger partial charge is 0.508 e. The molecule has 1 heterocycles. The van der Waals surface area contributed by atoms with Gasteiger partial charge in [-0.3, -0.25) is 0 Å². The molecule has 0 aliphatic carbocycles. The van der Waals surface area contributed by atoms with Crippen LogP contribution >= 0.6 is 0 Å². The second-order valence-corrected chi connectivity index (χ2v) is 8.09. The summed E-state index contributed by atoms with van der Waals surface area (Å²) in [6.45, 7) is 10.1. The molecule has 0 aromatic heterocycles. The molecule has 2 atom stereocenters. The number of hydrogen-bond acceptors (Lipinski definition) is 5. The predicted octanol–water partition coefficient (Wildman–Crippen LogP) is 3.21. The Morgan fingerprint density at radius 2 is 2.12 bits per heavy atom. The minimum atomic E-state index is -0.457. The standard InChI is InChI=1S/C20H33N3O3/c1-14-13-23(19(25)26-20(2,3)4)11-9-17(14)22-10-8-15-12-16(24)6-7-18(15)21-5/h6-7,12,14,17,21-22,24H,8-11,13H2,1-5H3. The smallest absolute Gasteiger partial charge is 0.410 e. The fourth-order valence-electron chi connectivity index (χ4n) is 3.36. The van der Waals surface area contributed by atoms with Crippen molar-refractivity contribution >= 4 is 11.8 Å². The first kappa shape index (κ1) is 20.4. The van der Waals surface area contributed by atoms with E-state index in [9.17, 15) is 9.90 Å². The maximum absolute atomic E-state index is 12.2. The van der Waals surface area contributed by atoms with E-state index >= 15 is 0 Å². The van der Waals surface area contributed by atoms with Crippen molar-refractivity contribution in [1.29, 1.82) is 0 Å². The van der Waals surface area contributed by atoms with Crippen molar-refractivity contribution in [3.8, 4) is 5.75 Å². The second kappa shape index (κ2) is 8.62. The summed E-state index contributed by atoms with van der Waals surface area (Å²) in [6, 6.07) is 5.77. The Bertz CT molecular complexity index is 613. The van der Waals surface area contributed by atoms with E-state index in [1.165, 1.54) is 0 Å². The van der Waals surface area contributed by atoms with Gasteiger partial charge in [0.25, 0.3) is 0 Å². The number of benzene rings is 1. The van der Waals surface area contributed by atoms with Crippen LogP contribution in [0.25, 0.3) is 0 Å². The molecular weight excluding hydrogens is 330 g/mol. The first-order valence-electron chi connectivity index (χ1n) is 9.40. The Morgan fingerprint density at radius 1 is 1.38 bits per heavy atom. The van der Waals surface area contributed by atoms with E-state index in [0.29, 0.717) is 25.0 Å². The molecule has 2 unspecified atom stereocenters. The van der Waals surface area contributed by atoms with Crippen molar-refractivity contribution in [2.45, 2.75) is 52.2 Å². The van der Waals surface area contributed by atoms with E-state index in [4.69, 9.17) is 4.74 Å². The normalized spacial score (nSPS) is 20.7. The highest BCUT2D eigenvalue weighted by Gasteiger charge is 2.30. The van der Waals surface area contributed by atoms with Crippen LogP contribution in [0.1, 0.15) is 39.7 Å². The highest BCUT2D eigenvalue weighted by molar-refractivity contribution is 5.68. The number of carbonyl (C=O) groups excluding carboxylic acids is 1. The Kier molecular flexibility index (Phi) is 6.75. The molecule has 1 saturated heterocycles. The molecule has 1 aromatic rings. The summed E-state index contributed by atoms with van der Waals surface area (Å²) in [5, 5.41) is 16.5. The third-order valence-electron chi connectivity index (χ3n) is 4.72. The number of amides is 1. The van der Waals surface area contributed by atoms with E-state index in [0.717, 1.165) is 30.6 Å². The molecule has 1 aliphatic heterocycles. The van der Waals surface area contributed by atoms with Gasteiger partial charge in [-0.1, -0.05) is 6.92 Å². The van der Waals surface area contributed by atoms with Crippen LogP contribution < -0.4 is 10.6 Å². The number of phenolic OH excluding ortho intramolecular Hbond substituents is 1. The fourth-order valence-corrected chi connectivity index (χ4v) is 3.36. The van der Waals surface area contributed by atoms with Crippen LogP contribution in [0.15, 0.2) is 18.2 Å². The number of phenols is 1. The minimum absolute atomic E-state index is 0.221. The van der Waals surface area contributed by atoms with Gasteiger partial charge in [0.15, 0.2) is 0 Å². The lowest BCUT2D eigenvalue weighted by Crippen LogP contribution is -2.51. The molecule has 1 amide bonds. The number of aromatic hydroxyl groups is 1. The zero-order chi connectivity index (χ0) is 19.3. The number of likely N-dealkylation sites (tertiary alicyclic amines) is 1. The zero-order valence-corrected chi connectivity index (χ0v) is 16.6. The monoisotopic (exact) mass is 363 g/mol. The van der Waals surface area contributed by atoms with Crippen LogP contribution in [0.4, 0.5) is 10.5 Å². The maximum Gasteiger partial charge on any atom is 0.410 e. The zero-order valence-electron chi connectivity index (χ0n) is 16.6. The van der Waals surface area contributed by atoms with E-state index in [1.807, 2.05) is 44.9 Å². The lowest BCUT2D eigenvalue weighted by molar-refractivity contribution is 0.0144. The number of rotatable bonds is 5. The van der Waals surface area contributed by atoms with Gasteiger partial charge in [0.05, 0.1) is 0 Å². The third kappa shape index (κ3) is 5.80. The topological polar surface area (TPSA) is 73.8 Å². The van der Waals surface area contributed by atoms with E-state index < -0.39 is 5.60 Å². The van der Waals surface area contributed by atoms with Crippen LogP contribution in [-0.4, -0.2) is 54.4 Å². The van der Waals surface area contributed by atoms with Crippen molar-refractivity contribution in [1.82, 2.24) is 10.2 Å². The molecule has 6 nitrogen and oxygen atoms in total. The summed E-state index contributed by atoms with van der Waals surface area (Å²) in [5.41, 5.74) is 1.68. The number of piperidine rings is 1. The van der Waals surface area contributed by atoms with Gasteiger partial charge in [0.2, 0.25) is 0 Å². The predicted molar refractivity (Wildman–Crippen MR) is 105 cm³/mol. The van der Waals surface area contributed by atoms with Crippen molar-refractivity contribution in [3.05, 3.63) is 23.8 Å². The van der Waals surface area contributed by atoms with Crippen molar-refractivity contribution < 1.29 is 14.6 Å². The van der Waals surface area contributed by atoms with Gasteiger partial charge in [-0.25, -0.2) is 4.79 Å². The number of nitrogens with one attached hydrogen (secondary N) is 2. The van der Waals surface area contributed by atoms with Gasteiger partial charge in [-0.2, -0.15) is 0 Å². The summed E-state index contributed by atoms with van der Waals surface area (Å²) >= 11 is 0.